The summed E-state index contributed by atoms with van der Waals surface area (Å²) < 4.78 is 10.6. The van der Waals surface area contributed by atoms with Crippen LogP contribution in [0.2, 0.25) is 0 Å². The molecule has 0 amide bonds. The second-order valence-corrected chi connectivity index (χ2v) is 6.80. The van der Waals surface area contributed by atoms with Gasteiger partial charge in [0.05, 0.1) is 30.2 Å². The molecule has 1 heterocycles. The van der Waals surface area contributed by atoms with Crippen LogP contribution in [0, 0.1) is 0 Å². The maximum absolute atomic E-state index is 12.5. The molecule has 0 saturated carbocycles. The lowest BCUT2D eigenvalue weighted by atomic mass is 10.1. The number of hydrogen-bond donors (Lipinski definition) is 1. The summed E-state index contributed by atoms with van der Waals surface area (Å²) in [5, 5.41) is 0.744. The Labute approximate surface area is 174 Å². The van der Waals surface area contributed by atoms with Crippen LogP contribution in [-0.2, 0) is 0 Å². The summed E-state index contributed by atoms with van der Waals surface area (Å²) in [6.07, 6.45) is 1.78. The van der Waals surface area contributed by atoms with Crippen LogP contribution in [0.5, 0.6) is 11.5 Å². The zero-order chi connectivity index (χ0) is 21.0. The van der Waals surface area contributed by atoms with E-state index in [-0.39, 0.29) is 5.56 Å². The van der Waals surface area contributed by atoms with Crippen molar-refractivity contribution in [2.45, 2.75) is 13.8 Å². The summed E-state index contributed by atoms with van der Waals surface area (Å²) in [5.41, 5.74) is 2.25. The zero-order valence-electron chi connectivity index (χ0n) is 17.0. The third kappa shape index (κ3) is 4.38. The average molecular weight is 414 g/mol. The molecule has 152 valence electrons. The Balaban J connectivity index is 1.98. The van der Waals surface area contributed by atoms with Gasteiger partial charge in [-0.3, -0.25) is 4.79 Å². The highest BCUT2D eigenvalue weighted by atomic mass is 35.5. The molecule has 6 nitrogen and oxygen atoms in total. The van der Waals surface area contributed by atoms with Gasteiger partial charge in [-0.05, 0) is 43.7 Å². The predicted molar refractivity (Wildman–Crippen MR) is 119 cm³/mol. The molecular weight excluding hydrogens is 390 g/mol. The largest absolute Gasteiger partial charge is 0.493 e. The highest BCUT2D eigenvalue weighted by molar-refractivity contribution is 6.50. The molecule has 0 unspecified atom stereocenters. The first-order valence-electron chi connectivity index (χ1n) is 9.39. The van der Waals surface area contributed by atoms with E-state index in [2.05, 4.69) is 40.8 Å². The summed E-state index contributed by atoms with van der Waals surface area (Å²) in [4.78, 5) is 22.0. The lowest BCUT2D eigenvalue weighted by Crippen LogP contribution is -2.21. The Morgan fingerprint density at radius 3 is 2.31 bits per heavy atom. The van der Waals surface area contributed by atoms with Gasteiger partial charge in [0, 0.05) is 24.8 Å². The fourth-order valence-corrected chi connectivity index (χ4v) is 3.38. The van der Waals surface area contributed by atoms with E-state index in [0.29, 0.717) is 33.3 Å². The third-order valence-electron chi connectivity index (χ3n) is 4.75. The van der Waals surface area contributed by atoms with Crippen molar-refractivity contribution in [2.75, 3.05) is 32.2 Å². The van der Waals surface area contributed by atoms with Gasteiger partial charge in [-0.15, -0.1) is 0 Å². The molecule has 1 aromatic heterocycles. The lowest BCUT2D eigenvalue weighted by molar-refractivity contribution is 0.355. The number of aromatic amines is 1. The third-order valence-corrected chi connectivity index (χ3v) is 5.04. The van der Waals surface area contributed by atoms with Gasteiger partial charge < -0.3 is 19.4 Å². The number of benzene rings is 2. The number of anilines is 1. The molecule has 0 saturated heterocycles. The Bertz CT molecular complexity index is 1090. The van der Waals surface area contributed by atoms with E-state index < -0.39 is 0 Å². The predicted octanol–water partition coefficient (Wildman–Crippen LogP) is 4.52. The van der Waals surface area contributed by atoms with Crippen LogP contribution in [0.25, 0.3) is 22.0 Å². The number of nitrogens with zero attached hydrogens (tertiary/aromatic N) is 2. The molecule has 1 N–H and O–H groups in total. The Kier molecular flexibility index (Phi) is 6.44. The Morgan fingerprint density at radius 2 is 1.72 bits per heavy atom. The number of H-pyrrole nitrogens is 1. The first kappa shape index (κ1) is 20.7. The molecule has 0 spiro atoms. The van der Waals surface area contributed by atoms with Gasteiger partial charge in [-0.1, -0.05) is 23.7 Å². The SMILES string of the molecule is CCN(CC)c1ccc(C=C(Cl)c2nc3cc(OC)c(OC)cc3c(=O)[nH]2)cc1. The highest BCUT2D eigenvalue weighted by Gasteiger charge is 2.12. The number of hydrogen-bond acceptors (Lipinski definition) is 5. The van der Waals surface area contributed by atoms with Crippen LogP contribution < -0.4 is 19.9 Å². The monoisotopic (exact) mass is 413 g/mol. The minimum Gasteiger partial charge on any atom is -0.493 e. The molecule has 0 aliphatic carbocycles. The molecule has 0 bridgehead atoms. The number of nitrogens with one attached hydrogen (secondary N) is 1. The first-order valence-corrected chi connectivity index (χ1v) is 9.77. The quantitative estimate of drug-likeness (QED) is 0.616. The van der Waals surface area contributed by atoms with Gasteiger partial charge in [-0.25, -0.2) is 4.98 Å². The normalized spacial score (nSPS) is 11.6. The van der Waals surface area contributed by atoms with Gasteiger partial charge >= 0.3 is 0 Å². The van der Waals surface area contributed by atoms with Crippen LogP contribution in [0.3, 0.4) is 0 Å². The standard InChI is InChI=1S/C22H24ClN3O3/c1-5-26(6-2)15-9-7-14(8-10-15)11-17(23)21-24-18-13-20(29-4)19(28-3)12-16(18)22(27)25-21/h7-13H,5-6H2,1-4H3,(H,24,25,27). The van der Waals surface area contributed by atoms with Crippen LogP contribution in [0.1, 0.15) is 25.2 Å². The fourth-order valence-electron chi connectivity index (χ4n) is 3.16. The molecule has 2 aromatic carbocycles. The second kappa shape index (κ2) is 9.01. The summed E-state index contributed by atoms with van der Waals surface area (Å²) in [7, 11) is 3.05. The van der Waals surface area contributed by atoms with Crippen LogP contribution in [-0.4, -0.2) is 37.3 Å². The van der Waals surface area contributed by atoms with Crippen molar-refractivity contribution in [3.8, 4) is 11.5 Å². The van der Waals surface area contributed by atoms with Gasteiger partial charge in [0.15, 0.2) is 17.3 Å². The number of methoxy groups -OCH3 is 2. The van der Waals surface area contributed by atoms with Crippen molar-refractivity contribution in [3.63, 3.8) is 0 Å². The zero-order valence-corrected chi connectivity index (χ0v) is 17.7. The maximum atomic E-state index is 12.5. The van der Waals surface area contributed by atoms with Gasteiger partial charge in [0.2, 0.25) is 0 Å². The Hall–Kier alpha value is -2.99. The number of ether oxygens (including phenoxy) is 2. The smallest absolute Gasteiger partial charge is 0.259 e. The van der Waals surface area contributed by atoms with Gasteiger partial charge in [0.1, 0.15) is 0 Å². The van der Waals surface area contributed by atoms with E-state index in [0.717, 1.165) is 24.3 Å². The molecule has 3 rings (SSSR count). The molecule has 0 atom stereocenters. The van der Waals surface area contributed by atoms with Crippen molar-refractivity contribution in [2.24, 2.45) is 0 Å². The van der Waals surface area contributed by atoms with E-state index in [1.165, 1.54) is 14.2 Å². The first-order chi connectivity index (χ1) is 14.0. The molecule has 29 heavy (non-hydrogen) atoms. The van der Waals surface area contributed by atoms with E-state index in [1.54, 1.807) is 18.2 Å². The van der Waals surface area contributed by atoms with Crippen LogP contribution >= 0.6 is 11.6 Å². The summed E-state index contributed by atoms with van der Waals surface area (Å²) in [6, 6.07) is 11.4. The summed E-state index contributed by atoms with van der Waals surface area (Å²) >= 11 is 6.46. The van der Waals surface area contributed by atoms with Crippen molar-refractivity contribution in [1.29, 1.82) is 0 Å². The van der Waals surface area contributed by atoms with Crippen molar-refractivity contribution in [3.05, 3.63) is 58.1 Å². The topological polar surface area (TPSA) is 67.5 Å². The number of halogens is 1. The minimum atomic E-state index is -0.297. The second-order valence-electron chi connectivity index (χ2n) is 6.39. The van der Waals surface area contributed by atoms with Crippen molar-refractivity contribution >= 4 is 39.3 Å². The maximum Gasteiger partial charge on any atom is 0.259 e. The van der Waals surface area contributed by atoms with Crippen molar-refractivity contribution < 1.29 is 9.47 Å². The van der Waals surface area contributed by atoms with E-state index in [4.69, 9.17) is 21.1 Å². The average Bonchev–Trinajstić information content (AvgIpc) is 2.74. The van der Waals surface area contributed by atoms with E-state index >= 15 is 0 Å². The van der Waals surface area contributed by atoms with Crippen LogP contribution in [0.4, 0.5) is 5.69 Å². The number of rotatable bonds is 7. The minimum absolute atomic E-state index is 0.296. The van der Waals surface area contributed by atoms with E-state index in [9.17, 15) is 4.79 Å². The van der Waals surface area contributed by atoms with Crippen LogP contribution in [0.15, 0.2) is 41.2 Å². The Morgan fingerprint density at radius 1 is 1.10 bits per heavy atom. The van der Waals surface area contributed by atoms with E-state index in [1.807, 2.05) is 12.1 Å². The summed E-state index contributed by atoms with van der Waals surface area (Å²) in [5.74, 6) is 1.26. The highest BCUT2D eigenvalue weighted by Crippen LogP contribution is 2.30. The number of aromatic nitrogens is 2. The fraction of sp³-hybridized carbons (Fsp3) is 0.273. The molecule has 3 aromatic rings. The molecule has 0 radical (unpaired) electrons. The number of fused-ring (bicyclic) bond motifs is 1. The molecular formula is C22H24ClN3O3. The lowest BCUT2D eigenvalue weighted by Gasteiger charge is -2.20. The summed E-state index contributed by atoms with van der Waals surface area (Å²) in [6.45, 7) is 6.15. The molecule has 7 heteroatoms. The molecule has 0 fully saturated rings. The molecule has 0 aliphatic rings. The van der Waals surface area contributed by atoms with Crippen molar-refractivity contribution in [1.82, 2.24) is 9.97 Å². The van der Waals surface area contributed by atoms with Gasteiger partial charge in [-0.2, -0.15) is 0 Å². The van der Waals surface area contributed by atoms with Gasteiger partial charge in [0.25, 0.3) is 5.56 Å². The molecule has 0 aliphatic heterocycles.